The topological polar surface area (TPSA) is 124 Å². The minimum Gasteiger partial charge on any atom is -0.404 e. The number of aromatic nitrogens is 3. The monoisotopic (exact) mass is 425 g/mol. The summed E-state index contributed by atoms with van der Waals surface area (Å²) in [5.74, 6) is -0.482. The van der Waals surface area contributed by atoms with E-state index in [1.807, 2.05) is 47.2 Å². The lowest BCUT2D eigenvalue weighted by molar-refractivity contribution is 0.100. The SMILES string of the molecule is CN=CC(=CN)c1cn(-c2cccc3c(-c4ccc(C(N)=O)c(NC)c4)nccc23)cn1. The largest absolute Gasteiger partial charge is 0.404 e. The number of amides is 1. The molecule has 0 radical (unpaired) electrons. The van der Waals surface area contributed by atoms with E-state index in [1.54, 1.807) is 38.9 Å². The van der Waals surface area contributed by atoms with Crippen LogP contribution in [0, 0.1) is 0 Å². The molecule has 8 nitrogen and oxygen atoms in total. The van der Waals surface area contributed by atoms with Gasteiger partial charge in [0, 0.05) is 66.5 Å². The van der Waals surface area contributed by atoms with E-state index >= 15 is 0 Å². The Morgan fingerprint density at radius 3 is 2.72 bits per heavy atom. The van der Waals surface area contributed by atoms with Gasteiger partial charge in [0.2, 0.25) is 0 Å². The Morgan fingerprint density at radius 1 is 1.16 bits per heavy atom. The Morgan fingerprint density at radius 2 is 2.00 bits per heavy atom. The number of rotatable bonds is 6. The van der Waals surface area contributed by atoms with Crippen LogP contribution in [-0.4, -0.2) is 40.8 Å². The van der Waals surface area contributed by atoms with Crippen molar-refractivity contribution in [1.82, 2.24) is 14.5 Å². The van der Waals surface area contributed by atoms with Crippen LogP contribution in [0.5, 0.6) is 0 Å². The zero-order valence-electron chi connectivity index (χ0n) is 17.8. The predicted molar refractivity (Wildman–Crippen MR) is 129 cm³/mol. The highest BCUT2D eigenvalue weighted by molar-refractivity contribution is 6.08. The Labute approximate surface area is 185 Å². The summed E-state index contributed by atoms with van der Waals surface area (Å²) < 4.78 is 1.95. The number of carbonyl (C=O) groups excluding carboxylic acids is 1. The van der Waals surface area contributed by atoms with Crippen molar-refractivity contribution in [2.24, 2.45) is 16.5 Å². The van der Waals surface area contributed by atoms with Gasteiger partial charge in [0.1, 0.15) is 0 Å². The van der Waals surface area contributed by atoms with Gasteiger partial charge in [-0.1, -0.05) is 18.2 Å². The van der Waals surface area contributed by atoms with Gasteiger partial charge in [-0.2, -0.15) is 0 Å². The minimum absolute atomic E-state index is 0.433. The lowest BCUT2D eigenvalue weighted by atomic mass is 10.0. The third kappa shape index (κ3) is 3.69. The van der Waals surface area contributed by atoms with E-state index < -0.39 is 5.91 Å². The van der Waals surface area contributed by atoms with E-state index in [0.717, 1.165) is 39.0 Å². The summed E-state index contributed by atoms with van der Waals surface area (Å²) in [6, 6.07) is 13.4. The van der Waals surface area contributed by atoms with Gasteiger partial charge in [0.15, 0.2) is 0 Å². The first kappa shape index (κ1) is 20.8. The maximum Gasteiger partial charge on any atom is 0.250 e. The number of aliphatic imine (C=N–C) groups is 1. The van der Waals surface area contributed by atoms with Gasteiger partial charge >= 0.3 is 0 Å². The van der Waals surface area contributed by atoms with E-state index in [4.69, 9.17) is 11.5 Å². The van der Waals surface area contributed by atoms with Crippen molar-refractivity contribution in [3.8, 4) is 16.9 Å². The molecule has 0 bridgehead atoms. The first-order valence-electron chi connectivity index (χ1n) is 9.96. The van der Waals surface area contributed by atoms with E-state index in [9.17, 15) is 4.79 Å². The Hall–Kier alpha value is -4.46. The fourth-order valence-corrected chi connectivity index (χ4v) is 3.70. The van der Waals surface area contributed by atoms with Crippen molar-refractivity contribution in [3.63, 3.8) is 0 Å². The molecule has 0 saturated carbocycles. The summed E-state index contributed by atoms with van der Waals surface area (Å²) in [6.07, 6.45) is 8.59. The molecule has 2 aromatic heterocycles. The highest BCUT2D eigenvalue weighted by Gasteiger charge is 2.14. The highest BCUT2D eigenvalue weighted by atomic mass is 16.1. The number of primary amides is 1. The summed E-state index contributed by atoms with van der Waals surface area (Å²) in [5, 5.41) is 5.01. The fourth-order valence-electron chi connectivity index (χ4n) is 3.70. The van der Waals surface area contributed by atoms with Crippen LogP contribution in [0.15, 0.2) is 72.4 Å². The molecular formula is C24H23N7O. The maximum atomic E-state index is 11.7. The number of anilines is 1. The average Bonchev–Trinajstić information content (AvgIpc) is 3.31. The number of carbonyl (C=O) groups is 1. The molecule has 0 fully saturated rings. The van der Waals surface area contributed by atoms with Crippen LogP contribution in [0.4, 0.5) is 5.69 Å². The first-order valence-corrected chi connectivity index (χ1v) is 9.96. The van der Waals surface area contributed by atoms with Crippen molar-refractivity contribution in [2.45, 2.75) is 0 Å². The summed E-state index contributed by atoms with van der Waals surface area (Å²) in [5.41, 5.74) is 16.4. The summed E-state index contributed by atoms with van der Waals surface area (Å²) >= 11 is 0. The summed E-state index contributed by atoms with van der Waals surface area (Å²) in [7, 11) is 3.44. The number of hydrogen-bond acceptors (Lipinski definition) is 6. The molecule has 0 unspecified atom stereocenters. The van der Waals surface area contributed by atoms with E-state index in [2.05, 4.69) is 20.3 Å². The summed E-state index contributed by atoms with van der Waals surface area (Å²) in [6.45, 7) is 0. The molecule has 160 valence electrons. The van der Waals surface area contributed by atoms with Gasteiger partial charge in [-0.25, -0.2) is 4.98 Å². The van der Waals surface area contributed by atoms with Crippen LogP contribution in [0.25, 0.3) is 33.3 Å². The number of nitrogens with one attached hydrogen (secondary N) is 1. The maximum absolute atomic E-state index is 11.7. The van der Waals surface area contributed by atoms with Gasteiger partial charge in [-0.05, 0) is 24.3 Å². The number of nitrogens with zero attached hydrogens (tertiary/aromatic N) is 4. The highest BCUT2D eigenvalue weighted by Crippen LogP contribution is 2.32. The molecule has 0 aliphatic heterocycles. The average molecular weight is 425 g/mol. The second kappa shape index (κ2) is 8.73. The Balaban J connectivity index is 1.85. The number of fused-ring (bicyclic) bond motifs is 1. The zero-order valence-corrected chi connectivity index (χ0v) is 17.8. The van der Waals surface area contributed by atoms with E-state index in [-0.39, 0.29) is 0 Å². The van der Waals surface area contributed by atoms with Gasteiger partial charge < -0.3 is 21.4 Å². The molecular weight excluding hydrogens is 402 g/mol. The normalized spacial score (nSPS) is 11.9. The molecule has 2 heterocycles. The summed E-state index contributed by atoms with van der Waals surface area (Å²) in [4.78, 5) is 24.8. The van der Waals surface area contributed by atoms with Gasteiger partial charge in [0.25, 0.3) is 5.91 Å². The first-order chi connectivity index (χ1) is 15.6. The molecule has 0 saturated heterocycles. The van der Waals surface area contributed by atoms with E-state index in [0.29, 0.717) is 11.3 Å². The number of nitrogens with two attached hydrogens (primary N) is 2. The molecule has 8 heteroatoms. The number of allylic oxidation sites excluding steroid dienone is 1. The molecule has 4 rings (SSSR count). The standard InChI is InChI=1S/C24H23N7O/c1-27-12-16(11-25)21-13-31(14-30-21)22-5-3-4-18-17(22)8-9-29-23(18)15-6-7-19(24(26)32)20(10-15)28-2/h3-14,28H,25H2,1-2H3,(H2,26,32). The number of imidazole rings is 1. The Bertz CT molecular complexity index is 1370. The van der Waals surface area contributed by atoms with Crippen molar-refractivity contribution < 1.29 is 4.79 Å². The molecule has 1 amide bonds. The molecule has 0 aliphatic carbocycles. The molecule has 0 aliphatic rings. The van der Waals surface area contributed by atoms with Crippen LogP contribution in [0.1, 0.15) is 16.1 Å². The van der Waals surface area contributed by atoms with Crippen LogP contribution in [0.2, 0.25) is 0 Å². The third-order valence-corrected chi connectivity index (χ3v) is 5.22. The Kier molecular flexibility index (Phi) is 5.67. The molecule has 2 aromatic carbocycles. The second-order valence-electron chi connectivity index (χ2n) is 7.08. The predicted octanol–water partition coefficient (Wildman–Crippen LogP) is 3.23. The van der Waals surface area contributed by atoms with Gasteiger partial charge in [0.05, 0.1) is 29.0 Å². The lowest BCUT2D eigenvalue weighted by Crippen LogP contribution is -2.13. The number of benzene rings is 2. The van der Waals surface area contributed by atoms with E-state index in [1.165, 1.54) is 6.20 Å². The molecule has 32 heavy (non-hydrogen) atoms. The number of hydrogen-bond donors (Lipinski definition) is 3. The van der Waals surface area contributed by atoms with Crippen LogP contribution in [0.3, 0.4) is 0 Å². The van der Waals surface area contributed by atoms with Gasteiger partial charge in [-0.15, -0.1) is 0 Å². The second-order valence-corrected chi connectivity index (χ2v) is 7.08. The smallest absolute Gasteiger partial charge is 0.250 e. The molecule has 0 spiro atoms. The van der Waals surface area contributed by atoms with Crippen molar-refractivity contribution in [1.29, 1.82) is 0 Å². The number of pyridine rings is 1. The third-order valence-electron chi connectivity index (χ3n) is 5.22. The quantitative estimate of drug-likeness (QED) is 0.409. The van der Waals surface area contributed by atoms with Crippen LogP contribution in [-0.2, 0) is 0 Å². The molecule has 0 atom stereocenters. The molecule has 4 aromatic rings. The van der Waals surface area contributed by atoms with Crippen LogP contribution >= 0.6 is 0 Å². The van der Waals surface area contributed by atoms with Crippen molar-refractivity contribution >= 4 is 34.2 Å². The van der Waals surface area contributed by atoms with Crippen LogP contribution < -0.4 is 16.8 Å². The van der Waals surface area contributed by atoms with Crippen molar-refractivity contribution in [3.05, 3.63) is 78.6 Å². The fraction of sp³-hybridized carbons (Fsp3) is 0.0833. The minimum atomic E-state index is -0.482. The van der Waals surface area contributed by atoms with Gasteiger partial charge in [-0.3, -0.25) is 14.8 Å². The molecule has 5 N–H and O–H groups in total. The lowest BCUT2D eigenvalue weighted by Gasteiger charge is -2.13. The zero-order chi connectivity index (χ0) is 22.7. The van der Waals surface area contributed by atoms with Crippen molar-refractivity contribution in [2.75, 3.05) is 19.4 Å².